The normalized spacial score (nSPS) is 24.2. The summed E-state index contributed by atoms with van der Waals surface area (Å²) in [4.78, 5) is 35.5. The number of piperidine rings is 1. The van der Waals surface area contributed by atoms with Gasteiger partial charge in [0.2, 0.25) is 5.91 Å². The molecule has 0 radical (unpaired) electrons. The first-order valence-electron chi connectivity index (χ1n) is 12.8. The van der Waals surface area contributed by atoms with Crippen LogP contribution in [0.25, 0.3) is 0 Å². The highest BCUT2D eigenvalue weighted by Gasteiger charge is 2.43. The molecule has 2 aliphatic heterocycles. The van der Waals surface area contributed by atoms with Crippen molar-refractivity contribution in [3.8, 4) is 11.5 Å². The van der Waals surface area contributed by atoms with E-state index in [-0.39, 0.29) is 11.8 Å². The maximum Gasteiger partial charge on any atom is 0.254 e. The molecule has 1 fully saturated rings. The average molecular weight is 495 g/mol. The second kappa shape index (κ2) is 11.3. The van der Waals surface area contributed by atoms with E-state index >= 15 is 0 Å². The van der Waals surface area contributed by atoms with Gasteiger partial charge in [-0.25, -0.2) is 0 Å². The quantitative estimate of drug-likeness (QED) is 0.566. The fourth-order valence-electron chi connectivity index (χ4n) is 5.90. The number of rotatable bonds is 8. The highest BCUT2D eigenvalue weighted by Crippen LogP contribution is 2.45. The number of hydrogen-bond donors (Lipinski definition) is 1. The van der Waals surface area contributed by atoms with Gasteiger partial charge >= 0.3 is 0 Å². The minimum absolute atomic E-state index is 0.114. The number of carbonyl (C=O) groups excluding carboxylic acids is 2. The first-order valence-corrected chi connectivity index (χ1v) is 12.8. The summed E-state index contributed by atoms with van der Waals surface area (Å²) in [5, 5.41) is 3.16. The van der Waals surface area contributed by atoms with Gasteiger partial charge in [-0.15, -0.1) is 0 Å². The Hall–Kier alpha value is -3.13. The van der Waals surface area contributed by atoms with Crippen LogP contribution in [0.4, 0.5) is 0 Å². The summed E-state index contributed by atoms with van der Waals surface area (Å²) in [6.45, 7) is 8.40. The summed E-state index contributed by atoms with van der Waals surface area (Å²) in [7, 11) is 4.82. The smallest absolute Gasteiger partial charge is 0.254 e. The Morgan fingerprint density at radius 3 is 2.47 bits per heavy atom. The number of likely N-dealkylation sites (N-methyl/N-ethyl adjacent to an activating group) is 1. The van der Waals surface area contributed by atoms with Gasteiger partial charge in [0.05, 0.1) is 26.2 Å². The lowest BCUT2D eigenvalue weighted by Gasteiger charge is -2.40. The van der Waals surface area contributed by atoms with Gasteiger partial charge in [-0.05, 0) is 60.5 Å². The van der Waals surface area contributed by atoms with Crippen molar-refractivity contribution in [3.63, 3.8) is 0 Å². The van der Waals surface area contributed by atoms with Crippen LogP contribution in [0, 0.1) is 11.8 Å². The van der Waals surface area contributed by atoms with E-state index in [9.17, 15) is 9.59 Å². The molecule has 2 aliphatic rings. The molecule has 8 nitrogen and oxygen atoms in total. The molecule has 1 N–H and O–H groups in total. The van der Waals surface area contributed by atoms with E-state index in [2.05, 4.69) is 29.0 Å². The van der Waals surface area contributed by atoms with Crippen LogP contribution < -0.4 is 14.8 Å². The van der Waals surface area contributed by atoms with Crippen molar-refractivity contribution >= 4 is 11.8 Å². The van der Waals surface area contributed by atoms with Crippen LogP contribution in [-0.4, -0.2) is 74.0 Å². The van der Waals surface area contributed by atoms with Gasteiger partial charge in [0.15, 0.2) is 11.5 Å². The Bertz CT molecular complexity index is 1070. The van der Waals surface area contributed by atoms with Gasteiger partial charge in [-0.1, -0.05) is 19.9 Å². The summed E-state index contributed by atoms with van der Waals surface area (Å²) in [6, 6.07) is 6.69. The molecule has 2 aromatic rings. The SMILES string of the molecule is COc1cc2c(cc1OC)[C@@H](C(=O)NCCCN1C[C@H](C)C[C@@H](C)C1)[C@@H](c1cccnc1)N(C)C2=O. The lowest BCUT2D eigenvalue weighted by Crippen LogP contribution is -2.46. The number of benzene rings is 1. The minimum Gasteiger partial charge on any atom is -0.493 e. The fourth-order valence-corrected chi connectivity index (χ4v) is 5.90. The molecule has 4 atom stereocenters. The van der Waals surface area contributed by atoms with Crippen molar-refractivity contribution in [3.05, 3.63) is 53.3 Å². The molecule has 4 rings (SSSR count). The number of pyridine rings is 1. The molecule has 194 valence electrons. The third kappa shape index (κ3) is 5.33. The standard InChI is InChI=1S/C28H38N4O4/c1-18-12-19(2)17-32(16-18)11-7-10-30-27(33)25-21-13-23(35-4)24(36-5)14-22(21)28(34)31(3)26(25)20-8-6-9-29-15-20/h6,8-9,13-15,18-19,25-26H,7,10-12,16-17H2,1-5H3,(H,30,33)/t18-,19-,25-,26-/m1/s1. The minimum atomic E-state index is -0.610. The van der Waals surface area contributed by atoms with E-state index in [1.165, 1.54) is 13.5 Å². The lowest BCUT2D eigenvalue weighted by molar-refractivity contribution is -0.124. The topological polar surface area (TPSA) is 84.0 Å². The van der Waals surface area contributed by atoms with E-state index in [0.29, 0.717) is 41.0 Å². The van der Waals surface area contributed by atoms with Crippen molar-refractivity contribution < 1.29 is 19.1 Å². The summed E-state index contributed by atoms with van der Waals surface area (Å²) >= 11 is 0. The molecule has 3 heterocycles. The number of nitrogens with zero attached hydrogens (tertiary/aromatic N) is 3. The van der Waals surface area contributed by atoms with Crippen molar-refractivity contribution in [2.24, 2.45) is 11.8 Å². The maximum absolute atomic E-state index is 13.8. The zero-order chi connectivity index (χ0) is 25.8. The van der Waals surface area contributed by atoms with E-state index in [4.69, 9.17) is 9.47 Å². The van der Waals surface area contributed by atoms with Crippen LogP contribution in [0.5, 0.6) is 11.5 Å². The third-order valence-corrected chi connectivity index (χ3v) is 7.38. The van der Waals surface area contributed by atoms with E-state index in [0.717, 1.165) is 31.6 Å². The Labute approximate surface area is 214 Å². The summed E-state index contributed by atoms with van der Waals surface area (Å²) < 4.78 is 11.0. The Balaban J connectivity index is 1.58. The highest BCUT2D eigenvalue weighted by molar-refractivity contribution is 6.02. The van der Waals surface area contributed by atoms with Gasteiger partial charge in [-0.3, -0.25) is 14.6 Å². The predicted molar refractivity (Wildman–Crippen MR) is 138 cm³/mol. The van der Waals surface area contributed by atoms with Gasteiger partial charge in [0, 0.05) is 44.6 Å². The Morgan fingerprint density at radius 2 is 1.83 bits per heavy atom. The molecule has 0 bridgehead atoms. The number of hydrogen-bond acceptors (Lipinski definition) is 6. The molecule has 8 heteroatoms. The zero-order valence-electron chi connectivity index (χ0n) is 22.0. The summed E-state index contributed by atoms with van der Waals surface area (Å²) in [5.41, 5.74) is 1.90. The Kier molecular flexibility index (Phi) is 8.14. The van der Waals surface area contributed by atoms with Gasteiger partial charge in [-0.2, -0.15) is 0 Å². The van der Waals surface area contributed by atoms with Crippen molar-refractivity contribution in [2.75, 3.05) is 47.4 Å². The summed E-state index contributed by atoms with van der Waals surface area (Å²) in [5.74, 6) is 1.48. The summed E-state index contributed by atoms with van der Waals surface area (Å²) in [6.07, 6.45) is 5.57. The Morgan fingerprint density at radius 1 is 1.14 bits per heavy atom. The van der Waals surface area contributed by atoms with Crippen LogP contribution in [0.1, 0.15) is 60.1 Å². The van der Waals surface area contributed by atoms with Crippen LogP contribution in [0.15, 0.2) is 36.7 Å². The molecular formula is C28H38N4O4. The monoisotopic (exact) mass is 494 g/mol. The van der Waals surface area contributed by atoms with Crippen LogP contribution in [0.2, 0.25) is 0 Å². The largest absolute Gasteiger partial charge is 0.493 e. The molecule has 0 aliphatic carbocycles. The number of nitrogens with one attached hydrogen (secondary N) is 1. The van der Waals surface area contributed by atoms with Crippen molar-refractivity contribution in [1.82, 2.24) is 20.1 Å². The maximum atomic E-state index is 13.8. The number of aromatic nitrogens is 1. The second-order valence-corrected chi connectivity index (χ2v) is 10.3. The molecule has 0 spiro atoms. The molecule has 1 saturated heterocycles. The number of carbonyl (C=O) groups is 2. The number of likely N-dealkylation sites (tertiary alicyclic amines) is 1. The predicted octanol–water partition coefficient (Wildman–Crippen LogP) is 3.49. The van der Waals surface area contributed by atoms with E-state index in [1.54, 1.807) is 43.6 Å². The van der Waals surface area contributed by atoms with Crippen LogP contribution >= 0.6 is 0 Å². The molecule has 2 amide bonds. The third-order valence-electron chi connectivity index (χ3n) is 7.38. The van der Waals surface area contributed by atoms with Crippen molar-refractivity contribution in [2.45, 2.75) is 38.6 Å². The van der Waals surface area contributed by atoms with E-state index in [1.807, 2.05) is 12.1 Å². The number of methoxy groups -OCH3 is 2. The first-order chi connectivity index (χ1) is 17.3. The molecular weight excluding hydrogens is 456 g/mol. The van der Waals surface area contributed by atoms with E-state index < -0.39 is 12.0 Å². The average Bonchev–Trinajstić information content (AvgIpc) is 2.87. The van der Waals surface area contributed by atoms with Crippen LogP contribution in [-0.2, 0) is 4.79 Å². The number of ether oxygens (including phenoxy) is 2. The molecule has 1 aromatic carbocycles. The lowest BCUT2D eigenvalue weighted by atomic mass is 9.79. The molecule has 36 heavy (non-hydrogen) atoms. The zero-order valence-corrected chi connectivity index (χ0v) is 22.0. The molecule has 1 aromatic heterocycles. The van der Waals surface area contributed by atoms with Crippen LogP contribution in [0.3, 0.4) is 0 Å². The molecule has 0 saturated carbocycles. The fraction of sp³-hybridized carbons (Fsp3) is 0.536. The first kappa shape index (κ1) is 25.9. The van der Waals surface area contributed by atoms with Gasteiger partial charge in [0.1, 0.15) is 0 Å². The van der Waals surface area contributed by atoms with Crippen molar-refractivity contribution in [1.29, 1.82) is 0 Å². The number of amides is 2. The van der Waals surface area contributed by atoms with Gasteiger partial charge in [0.25, 0.3) is 5.91 Å². The molecule has 0 unspecified atom stereocenters. The second-order valence-electron chi connectivity index (χ2n) is 10.3. The highest BCUT2D eigenvalue weighted by atomic mass is 16.5. The number of fused-ring (bicyclic) bond motifs is 1. The van der Waals surface area contributed by atoms with Gasteiger partial charge < -0.3 is 24.6 Å².